The normalized spacial score (nSPS) is 23.0. The Bertz CT molecular complexity index is 1130. The second-order valence-electron chi connectivity index (χ2n) is 8.28. The van der Waals surface area contributed by atoms with Crippen LogP contribution in [0, 0.1) is 6.92 Å². The number of fused-ring (bicyclic) bond motifs is 3. The standard InChI is InChI=1S/C23H25N3O3/c1-13-10-16(8-6-14-12-24-18-5-3-2-4-17(14)18)29-23(28)21(13)22(27)26-20-11-15-7-9-19(20)25-15/h2-5,10,12,15,19-20,24-25H,6-9,11H2,1H3,(H,26,27)/t15-,19+,20+/m1/s1. The van der Waals surface area contributed by atoms with Crippen molar-refractivity contribution >= 4 is 16.8 Å². The van der Waals surface area contributed by atoms with Gasteiger partial charge in [0.05, 0.1) is 0 Å². The number of para-hydroxylation sites is 1. The van der Waals surface area contributed by atoms with Crippen LogP contribution in [0.4, 0.5) is 0 Å². The molecule has 0 saturated carbocycles. The van der Waals surface area contributed by atoms with Crippen LogP contribution < -0.4 is 16.3 Å². The van der Waals surface area contributed by atoms with E-state index < -0.39 is 5.63 Å². The summed E-state index contributed by atoms with van der Waals surface area (Å²) in [5, 5.41) is 7.72. The Hall–Kier alpha value is -2.86. The molecule has 3 N–H and O–H groups in total. The molecule has 6 heteroatoms. The number of hydrogen-bond acceptors (Lipinski definition) is 4. The quantitative estimate of drug-likeness (QED) is 0.624. The molecule has 2 bridgehead atoms. The van der Waals surface area contributed by atoms with E-state index in [1.54, 1.807) is 6.92 Å². The third-order valence-electron chi connectivity index (χ3n) is 6.36. The average Bonchev–Trinajstić information content (AvgIpc) is 3.41. The van der Waals surface area contributed by atoms with Gasteiger partial charge in [-0.15, -0.1) is 0 Å². The number of aryl methyl sites for hydroxylation is 3. The summed E-state index contributed by atoms with van der Waals surface area (Å²) in [6.07, 6.45) is 6.55. The molecule has 1 amide bonds. The van der Waals surface area contributed by atoms with E-state index in [1.165, 1.54) is 17.4 Å². The minimum absolute atomic E-state index is 0.0987. The zero-order valence-corrected chi connectivity index (χ0v) is 16.5. The van der Waals surface area contributed by atoms with Crippen molar-refractivity contribution in [1.82, 2.24) is 15.6 Å². The van der Waals surface area contributed by atoms with Crippen molar-refractivity contribution in [3.05, 3.63) is 69.4 Å². The monoisotopic (exact) mass is 391 g/mol. The Balaban J connectivity index is 1.30. The van der Waals surface area contributed by atoms with Crippen molar-refractivity contribution in [2.45, 2.75) is 57.2 Å². The molecule has 2 saturated heterocycles. The number of rotatable bonds is 5. The maximum atomic E-state index is 12.7. The fourth-order valence-corrected chi connectivity index (χ4v) is 4.89. The van der Waals surface area contributed by atoms with E-state index in [4.69, 9.17) is 4.42 Å². The lowest BCUT2D eigenvalue weighted by molar-refractivity contribution is 0.0926. The summed E-state index contributed by atoms with van der Waals surface area (Å²) in [4.78, 5) is 28.5. The number of aromatic amines is 1. The molecule has 1 aromatic carbocycles. The third-order valence-corrected chi connectivity index (χ3v) is 6.36. The van der Waals surface area contributed by atoms with Crippen LogP contribution in [0.15, 0.2) is 45.7 Å². The van der Waals surface area contributed by atoms with Crippen LogP contribution in [0.1, 0.15) is 46.5 Å². The van der Waals surface area contributed by atoms with Gasteiger partial charge < -0.3 is 20.0 Å². The molecule has 0 spiro atoms. The van der Waals surface area contributed by atoms with Crippen LogP contribution in [0.5, 0.6) is 0 Å². The highest BCUT2D eigenvalue weighted by molar-refractivity contribution is 5.95. The molecule has 2 fully saturated rings. The zero-order chi connectivity index (χ0) is 20.0. The van der Waals surface area contributed by atoms with Gasteiger partial charge in [-0.3, -0.25) is 4.79 Å². The Labute approximate surface area is 168 Å². The first-order chi connectivity index (χ1) is 14.1. The van der Waals surface area contributed by atoms with E-state index in [1.807, 2.05) is 30.5 Å². The Morgan fingerprint density at radius 2 is 2.10 bits per heavy atom. The smallest absolute Gasteiger partial charge is 0.349 e. The van der Waals surface area contributed by atoms with Gasteiger partial charge in [0.2, 0.25) is 0 Å². The van der Waals surface area contributed by atoms with E-state index in [0.717, 1.165) is 24.8 Å². The summed E-state index contributed by atoms with van der Waals surface area (Å²) in [5.74, 6) is 0.287. The van der Waals surface area contributed by atoms with E-state index in [2.05, 4.69) is 21.7 Å². The lowest BCUT2D eigenvalue weighted by Gasteiger charge is -2.21. The molecule has 2 aromatic heterocycles. The molecule has 3 atom stereocenters. The fourth-order valence-electron chi connectivity index (χ4n) is 4.89. The van der Waals surface area contributed by atoms with Crippen LogP contribution in [0.3, 0.4) is 0 Å². The van der Waals surface area contributed by atoms with E-state index in [-0.39, 0.29) is 17.5 Å². The second-order valence-corrected chi connectivity index (χ2v) is 8.28. The van der Waals surface area contributed by atoms with E-state index >= 15 is 0 Å². The van der Waals surface area contributed by atoms with Gasteiger partial charge in [-0.25, -0.2) is 4.79 Å². The Kier molecular flexibility index (Phi) is 4.51. The van der Waals surface area contributed by atoms with E-state index in [9.17, 15) is 9.59 Å². The maximum Gasteiger partial charge on any atom is 0.349 e. The second kappa shape index (κ2) is 7.19. The molecule has 3 aromatic rings. The highest BCUT2D eigenvalue weighted by Gasteiger charge is 2.40. The molecule has 29 heavy (non-hydrogen) atoms. The van der Waals surface area contributed by atoms with Gasteiger partial charge in [0.1, 0.15) is 11.3 Å². The number of H-pyrrole nitrogens is 1. The van der Waals surface area contributed by atoms with Gasteiger partial charge >= 0.3 is 5.63 Å². The first-order valence-electron chi connectivity index (χ1n) is 10.3. The molecule has 2 aliphatic rings. The van der Waals surface area contributed by atoms with Gasteiger partial charge in [-0.05, 0) is 55.9 Å². The number of hydrogen-bond donors (Lipinski definition) is 3. The molecule has 6 nitrogen and oxygen atoms in total. The van der Waals surface area contributed by atoms with Gasteiger partial charge in [0, 0.05) is 41.6 Å². The Morgan fingerprint density at radius 1 is 1.24 bits per heavy atom. The lowest BCUT2D eigenvalue weighted by atomic mass is 9.95. The molecular formula is C23H25N3O3. The van der Waals surface area contributed by atoms with Crippen molar-refractivity contribution in [3.8, 4) is 0 Å². The van der Waals surface area contributed by atoms with Crippen LogP contribution >= 0.6 is 0 Å². The third kappa shape index (κ3) is 3.38. The largest absolute Gasteiger partial charge is 0.427 e. The molecule has 0 radical (unpaired) electrons. The molecule has 0 aliphatic carbocycles. The molecule has 0 unspecified atom stereocenters. The molecule has 2 aliphatic heterocycles. The molecule has 150 valence electrons. The summed E-state index contributed by atoms with van der Waals surface area (Å²) in [5.41, 5.74) is 2.54. The molecule has 5 rings (SSSR count). The van der Waals surface area contributed by atoms with Gasteiger partial charge in [0.15, 0.2) is 0 Å². The predicted molar refractivity (Wildman–Crippen MR) is 111 cm³/mol. The number of benzene rings is 1. The summed E-state index contributed by atoms with van der Waals surface area (Å²) in [6, 6.07) is 10.9. The summed E-state index contributed by atoms with van der Waals surface area (Å²) < 4.78 is 5.50. The summed E-state index contributed by atoms with van der Waals surface area (Å²) >= 11 is 0. The van der Waals surface area contributed by atoms with Crippen LogP contribution in [-0.2, 0) is 12.8 Å². The van der Waals surface area contributed by atoms with Crippen LogP contribution in [0.25, 0.3) is 10.9 Å². The first-order valence-corrected chi connectivity index (χ1v) is 10.3. The van der Waals surface area contributed by atoms with Crippen molar-refractivity contribution < 1.29 is 9.21 Å². The van der Waals surface area contributed by atoms with Crippen molar-refractivity contribution in [1.29, 1.82) is 0 Å². The van der Waals surface area contributed by atoms with Crippen molar-refractivity contribution in [3.63, 3.8) is 0 Å². The minimum Gasteiger partial charge on any atom is -0.427 e. The highest BCUT2D eigenvalue weighted by atomic mass is 16.4. The SMILES string of the molecule is Cc1cc(CCc2c[nH]c3ccccc23)oc(=O)c1C(=O)N[C@H]1C[C@H]2CC[C@@H]1N2. The number of nitrogens with one attached hydrogen (secondary N) is 3. The van der Waals surface area contributed by atoms with Gasteiger partial charge in [-0.1, -0.05) is 18.2 Å². The molecule has 4 heterocycles. The average molecular weight is 391 g/mol. The van der Waals surface area contributed by atoms with Crippen LogP contribution in [0.2, 0.25) is 0 Å². The van der Waals surface area contributed by atoms with Crippen LogP contribution in [-0.4, -0.2) is 29.0 Å². The van der Waals surface area contributed by atoms with Gasteiger partial charge in [0.25, 0.3) is 5.91 Å². The number of amides is 1. The summed E-state index contributed by atoms with van der Waals surface area (Å²) in [7, 11) is 0. The zero-order valence-electron chi connectivity index (χ0n) is 16.5. The number of carbonyl (C=O) groups is 1. The Morgan fingerprint density at radius 3 is 2.86 bits per heavy atom. The lowest BCUT2D eigenvalue weighted by Crippen LogP contribution is -2.44. The van der Waals surface area contributed by atoms with Crippen molar-refractivity contribution in [2.24, 2.45) is 0 Å². The predicted octanol–water partition coefficient (Wildman–Crippen LogP) is 2.84. The minimum atomic E-state index is -0.549. The summed E-state index contributed by atoms with van der Waals surface area (Å²) in [6.45, 7) is 1.81. The topological polar surface area (TPSA) is 87.1 Å². The highest BCUT2D eigenvalue weighted by Crippen LogP contribution is 2.28. The number of carbonyl (C=O) groups excluding carboxylic acids is 1. The fraction of sp³-hybridized carbons (Fsp3) is 0.391. The van der Waals surface area contributed by atoms with Crippen molar-refractivity contribution in [2.75, 3.05) is 0 Å². The van der Waals surface area contributed by atoms with Gasteiger partial charge in [-0.2, -0.15) is 0 Å². The van der Waals surface area contributed by atoms with E-state index in [0.29, 0.717) is 29.8 Å². The number of aromatic nitrogens is 1. The first kappa shape index (κ1) is 18.2. The maximum absolute atomic E-state index is 12.7. The molecular weight excluding hydrogens is 366 g/mol.